The molecule has 0 aliphatic rings. The summed E-state index contributed by atoms with van der Waals surface area (Å²) in [4.78, 5) is 12.7. The highest BCUT2D eigenvalue weighted by molar-refractivity contribution is 5.97. The minimum Gasteiger partial charge on any atom is -0.318 e. The molecule has 0 unspecified atom stereocenters. The summed E-state index contributed by atoms with van der Waals surface area (Å²) in [5.74, 6) is 0.288. The van der Waals surface area contributed by atoms with Crippen molar-refractivity contribution in [2.24, 2.45) is 0 Å². The molecule has 0 saturated carbocycles. The standard InChI is InChI=1S/C26H46NO/c1-5-9-10-11-12-13-14-15-16-17-18-24-19-21-25(22-20-24)26(28)23-27(6-2,7-3)8-4/h19-22H,5-18,23H2,1-4H3/q+1. The summed E-state index contributed by atoms with van der Waals surface area (Å²) in [5, 5.41) is 0. The molecule has 0 amide bonds. The number of benzene rings is 1. The average Bonchev–Trinajstić information content (AvgIpc) is 2.74. The molecule has 0 aromatic heterocycles. The van der Waals surface area contributed by atoms with Crippen molar-refractivity contribution in [3.63, 3.8) is 0 Å². The molecule has 0 radical (unpaired) electrons. The lowest BCUT2D eigenvalue weighted by molar-refractivity contribution is -0.915. The Morgan fingerprint density at radius 1 is 0.679 bits per heavy atom. The van der Waals surface area contributed by atoms with E-state index in [-0.39, 0.29) is 5.78 Å². The fourth-order valence-electron chi connectivity index (χ4n) is 4.08. The summed E-state index contributed by atoms with van der Waals surface area (Å²) in [6, 6.07) is 8.42. The number of rotatable bonds is 17. The maximum Gasteiger partial charge on any atom is 0.216 e. The Morgan fingerprint density at radius 2 is 1.14 bits per heavy atom. The molecule has 0 N–H and O–H groups in total. The number of Topliss-reactive ketones (excluding diaryl/α,β-unsaturated/α-hetero) is 1. The van der Waals surface area contributed by atoms with E-state index in [1.54, 1.807) is 0 Å². The number of nitrogens with zero attached hydrogens (tertiary/aromatic N) is 1. The molecule has 0 aliphatic carbocycles. The Morgan fingerprint density at radius 3 is 1.61 bits per heavy atom. The van der Waals surface area contributed by atoms with Gasteiger partial charge >= 0.3 is 0 Å². The van der Waals surface area contributed by atoms with Gasteiger partial charge in [-0.15, -0.1) is 0 Å². The van der Waals surface area contributed by atoms with Gasteiger partial charge in [0.25, 0.3) is 0 Å². The normalized spacial score (nSPS) is 11.7. The van der Waals surface area contributed by atoms with Gasteiger partial charge in [-0.25, -0.2) is 0 Å². The lowest BCUT2D eigenvalue weighted by atomic mass is 10.0. The number of carbonyl (C=O) groups is 1. The van der Waals surface area contributed by atoms with Gasteiger partial charge in [-0.2, -0.15) is 0 Å². The molecule has 0 aliphatic heterocycles. The zero-order valence-electron chi connectivity index (χ0n) is 19.3. The van der Waals surface area contributed by atoms with Gasteiger partial charge in [0.1, 0.15) is 6.54 Å². The molecule has 28 heavy (non-hydrogen) atoms. The smallest absolute Gasteiger partial charge is 0.216 e. The van der Waals surface area contributed by atoms with Crippen molar-refractivity contribution in [2.75, 3.05) is 26.2 Å². The topological polar surface area (TPSA) is 17.1 Å². The number of carbonyl (C=O) groups excluding carboxylic acids is 1. The first-order chi connectivity index (χ1) is 13.6. The molecular formula is C26H46NO+. The van der Waals surface area contributed by atoms with E-state index in [0.29, 0.717) is 6.54 Å². The maximum absolute atomic E-state index is 12.7. The SMILES string of the molecule is CCCCCCCCCCCCc1ccc(C(=O)C[N+](CC)(CC)CC)cc1. The monoisotopic (exact) mass is 388 g/mol. The quantitative estimate of drug-likeness (QED) is 0.156. The van der Waals surface area contributed by atoms with Crippen LogP contribution in [0.3, 0.4) is 0 Å². The molecular weight excluding hydrogens is 342 g/mol. The Balaban J connectivity index is 2.25. The Bertz CT molecular complexity index is 507. The van der Waals surface area contributed by atoms with E-state index in [2.05, 4.69) is 39.8 Å². The number of likely N-dealkylation sites (N-methyl/N-ethyl adjacent to an activating group) is 1. The van der Waals surface area contributed by atoms with Gasteiger partial charge in [-0.05, 0) is 39.2 Å². The number of hydrogen-bond donors (Lipinski definition) is 0. The Kier molecular flexibility index (Phi) is 13.1. The zero-order valence-corrected chi connectivity index (χ0v) is 19.3. The first-order valence-electron chi connectivity index (χ1n) is 12.1. The highest BCUT2D eigenvalue weighted by atomic mass is 16.1. The first kappa shape index (κ1) is 24.9. The van der Waals surface area contributed by atoms with Crippen LogP contribution in [0.2, 0.25) is 0 Å². The van der Waals surface area contributed by atoms with Crippen LogP contribution in [0.1, 0.15) is 108 Å². The van der Waals surface area contributed by atoms with Crippen LogP contribution in [0.4, 0.5) is 0 Å². The van der Waals surface area contributed by atoms with Crippen molar-refractivity contribution in [1.29, 1.82) is 0 Å². The van der Waals surface area contributed by atoms with Gasteiger partial charge in [-0.1, -0.05) is 89.0 Å². The fourth-order valence-corrected chi connectivity index (χ4v) is 4.08. The molecule has 160 valence electrons. The molecule has 0 spiro atoms. The summed E-state index contributed by atoms with van der Waals surface area (Å²) in [6.07, 6.45) is 14.9. The van der Waals surface area contributed by atoms with Gasteiger partial charge in [0.05, 0.1) is 19.6 Å². The highest BCUT2D eigenvalue weighted by Gasteiger charge is 2.25. The molecule has 0 heterocycles. The second-order valence-corrected chi connectivity index (χ2v) is 8.50. The van der Waals surface area contributed by atoms with E-state index in [1.165, 1.54) is 69.8 Å². The van der Waals surface area contributed by atoms with E-state index in [0.717, 1.165) is 36.1 Å². The molecule has 1 rings (SSSR count). The molecule has 1 aromatic rings. The number of quaternary nitrogens is 1. The summed E-state index contributed by atoms with van der Waals surface area (Å²) >= 11 is 0. The zero-order chi connectivity index (χ0) is 20.7. The maximum atomic E-state index is 12.7. The molecule has 0 atom stereocenters. The van der Waals surface area contributed by atoms with Crippen LogP contribution in [0.25, 0.3) is 0 Å². The van der Waals surface area contributed by atoms with Crippen molar-refractivity contribution in [2.45, 2.75) is 98.3 Å². The highest BCUT2D eigenvalue weighted by Crippen LogP contribution is 2.15. The van der Waals surface area contributed by atoms with Crippen LogP contribution in [0.15, 0.2) is 24.3 Å². The lowest BCUT2D eigenvalue weighted by Gasteiger charge is -2.35. The van der Waals surface area contributed by atoms with Crippen molar-refractivity contribution < 1.29 is 9.28 Å². The van der Waals surface area contributed by atoms with Crippen molar-refractivity contribution in [1.82, 2.24) is 0 Å². The Hall–Kier alpha value is -1.15. The molecule has 2 nitrogen and oxygen atoms in total. The van der Waals surface area contributed by atoms with E-state index in [9.17, 15) is 4.79 Å². The van der Waals surface area contributed by atoms with Crippen LogP contribution in [0, 0.1) is 0 Å². The van der Waals surface area contributed by atoms with Crippen LogP contribution in [-0.4, -0.2) is 36.4 Å². The minimum absolute atomic E-state index is 0.288. The van der Waals surface area contributed by atoms with Gasteiger partial charge in [0.2, 0.25) is 5.78 Å². The van der Waals surface area contributed by atoms with Crippen molar-refractivity contribution in [3.05, 3.63) is 35.4 Å². The second-order valence-electron chi connectivity index (χ2n) is 8.50. The molecule has 0 fully saturated rings. The predicted molar refractivity (Wildman–Crippen MR) is 123 cm³/mol. The predicted octanol–water partition coefficient (Wildman–Crippen LogP) is 7.21. The molecule has 2 heteroatoms. The third-order valence-corrected chi connectivity index (χ3v) is 6.59. The van der Waals surface area contributed by atoms with Crippen molar-refractivity contribution in [3.8, 4) is 0 Å². The number of aryl methyl sites for hydroxylation is 1. The van der Waals surface area contributed by atoms with Gasteiger partial charge < -0.3 is 4.48 Å². The number of ketones is 1. The minimum atomic E-state index is 0.288. The molecule has 0 bridgehead atoms. The average molecular weight is 389 g/mol. The number of hydrogen-bond acceptors (Lipinski definition) is 1. The van der Waals surface area contributed by atoms with E-state index in [1.807, 2.05) is 12.1 Å². The van der Waals surface area contributed by atoms with E-state index < -0.39 is 0 Å². The lowest BCUT2D eigenvalue weighted by Crippen LogP contribution is -2.50. The summed E-state index contributed by atoms with van der Waals surface area (Å²) in [6.45, 7) is 12.5. The first-order valence-corrected chi connectivity index (χ1v) is 12.1. The van der Waals surface area contributed by atoms with Crippen LogP contribution >= 0.6 is 0 Å². The number of unbranched alkanes of at least 4 members (excludes halogenated alkanes) is 9. The molecule has 1 aromatic carbocycles. The largest absolute Gasteiger partial charge is 0.318 e. The van der Waals surface area contributed by atoms with Crippen molar-refractivity contribution >= 4 is 5.78 Å². The summed E-state index contributed by atoms with van der Waals surface area (Å²) < 4.78 is 0.888. The van der Waals surface area contributed by atoms with Gasteiger partial charge in [0.15, 0.2) is 0 Å². The summed E-state index contributed by atoms with van der Waals surface area (Å²) in [5.41, 5.74) is 2.25. The van der Waals surface area contributed by atoms with E-state index >= 15 is 0 Å². The van der Waals surface area contributed by atoms with Crippen LogP contribution in [0.5, 0.6) is 0 Å². The third-order valence-electron chi connectivity index (χ3n) is 6.59. The van der Waals surface area contributed by atoms with Gasteiger partial charge in [-0.3, -0.25) is 4.79 Å². The van der Waals surface area contributed by atoms with E-state index in [4.69, 9.17) is 0 Å². The second kappa shape index (κ2) is 14.8. The Labute approximate surface area is 175 Å². The third kappa shape index (κ3) is 9.37. The van der Waals surface area contributed by atoms with Gasteiger partial charge in [0, 0.05) is 5.56 Å². The fraction of sp³-hybridized carbons (Fsp3) is 0.731. The van der Waals surface area contributed by atoms with Crippen LogP contribution < -0.4 is 0 Å². The van der Waals surface area contributed by atoms with Crippen LogP contribution in [-0.2, 0) is 6.42 Å². The summed E-state index contributed by atoms with van der Waals surface area (Å²) in [7, 11) is 0. The molecule has 0 saturated heterocycles.